The van der Waals surface area contributed by atoms with Crippen molar-refractivity contribution in [2.24, 2.45) is 0 Å². The van der Waals surface area contributed by atoms with E-state index in [1.165, 1.54) is 24.3 Å². The van der Waals surface area contributed by atoms with Gasteiger partial charge in [-0.2, -0.15) is 13.4 Å². The Morgan fingerprint density at radius 1 is 1.22 bits per heavy atom. The Labute approximate surface area is 183 Å². The van der Waals surface area contributed by atoms with Gasteiger partial charge in [-0.1, -0.05) is 0 Å². The fourth-order valence-electron chi connectivity index (χ4n) is 3.13. The van der Waals surface area contributed by atoms with Gasteiger partial charge >= 0.3 is 11.8 Å². The van der Waals surface area contributed by atoms with E-state index in [2.05, 4.69) is 4.98 Å². The summed E-state index contributed by atoms with van der Waals surface area (Å²) in [4.78, 5) is 28.1. The Balaban J connectivity index is 1.74. The van der Waals surface area contributed by atoms with E-state index >= 15 is 0 Å². The lowest BCUT2D eigenvalue weighted by Crippen LogP contribution is -2.38. The van der Waals surface area contributed by atoms with E-state index in [0.717, 1.165) is 12.1 Å². The van der Waals surface area contributed by atoms with Gasteiger partial charge in [0.15, 0.2) is 0 Å². The van der Waals surface area contributed by atoms with Crippen LogP contribution in [0.25, 0.3) is 0 Å². The second-order valence-corrected chi connectivity index (χ2v) is 8.21. The summed E-state index contributed by atoms with van der Waals surface area (Å²) < 4.78 is 46.9. The fourth-order valence-corrected chi connectivity index (χ4v) is 3.61. The molecule has 3 rings (SSSR count). The first-order valence-corrected chi connectivity index (χ1v) is 11.1. The lowest BCUT2D eigenvalue weighted by molar-refractivity contribution is -0.384. The Bertz CT molecular complexity index is 1080. The Morgan fingerprint density at radius 2 is 1.88 bits per heavy atom. The minimum atomic E-state index is -4.34. The number of carbonyl (C=O) groups excluding carboxylic acids is 1. The van der Waals surface area contributed by atoms with Crippen molar-refractivity contribution in [1.29, 1.82) is 0 Å². The molecule has 2 heterocycles. The Morgan fingerprint density at radius 3 is 2.44 bits per heavy atom. The number of pyridine rings is 1. The summed E-state index contributed by atoms with van der Waals surface area (Å²) in [7, 11) is -4.34. The molecule has 13 heteroatoms. The van der Waals surface area contributed by atoms with Crippen molar-refractivity contribution < 1.29 is 36.9 Å². The fraction of sp³-hybridized carbons (Fsp3) is 0.368. The minimum Gasteiger partial charge on any atom is -0.439 e. The van der Waals surface area contributed by atoms with E-state index in [9.17, 15) is 23.3 Å². The van der Waals surface area contributed by atoms with Gasteiger partial charge in [0, 0.05) is 38.1 Å². The molecule has 172 valence electrons. The molecule has 0 amide bonds. The molecule has 1 N–H and O–H groups in total. The summed E-state index contributed by atoms with van der Waals surface area (Å²) in [5.41, 5.74) is -0.205. The number of aromatic nitrogens is 1. The van der Waals surface area contributed by atoms with Gasteiger partial charge in [-0.05, 0) is 31.2 Å². The summed E-state index contributed by atoms with van der Waals surface area (Å²) >= 11 is 0. The SMILES string of the molecule is CCOC(=O)OC1CCN(c2nc(Oc3ccc(S(=O)(=O)O)cc3)ccc2[N+](=O)[O-])CC1. The van der Waals surface area contributed by atoms with E-state index in [4.69, 9.17) is 18.8 Å². The second-order valence-electron chi connectivity index (χ2n) is 6.79. The van der Waals surface area contributed by atoms with Crippen LogP contribution in [0.1, 0.15) is 19.8 Å². The van der Waals surface area contributed by atoms with Gasteiger partial charge in [0.2, 0.25) is 11.7 Å². The summed E-state index contributed by atoms with van der Waals surface area (Å²) in [5.74, 6) is 0.401. The standard InChI is InChI=1S/C19H21N3O9S/c1-2-29-19(23)31-14-9-11-21(12-10-14)18-16(22(24)25)7-8-17(20-18)30-13-3-5-15(6-4-13)32(26,27)28/h3-8,14H,2,9-12H2,1H3,(H,26,27,28). The average molecular weight is 467 g/mol. The van der Waals surface area contributed by atoms with Gasteiger partial charge in [0.05, 0.1) is 16.4 Å². The Hall–Kier alpha value is -3.45. The van der Waals surface area contributed by atoms with Crippen molar-refractivity contribution >= 4 is 27.8 Å². The molecule has 1 aromatic heterocycles. The van der Waals surface area contributed by atoms with Gasteiger partial charge in [-0.25, -0.2) is 4.79 Å². The van der Waals surface area contributed by atoms with E-state index < -0.39 is 21.2 Å². The normalized spacial score (nSPS) is 14.6. The molecule has 0 aliphatic carbocycles. The van der Waals surface area contributed by atoms with Crippen molar-refractivity contribution in [3.63, 3.8) is 0 Å². The molecule has 0 bridgehead atoms. The first-order valence-electron chi connectivity index (χ1n) is 9.66. The monoisotopic (exact) mass is 467 g/mol. The topological polar surface area (TPSA) is 158 Å². The lowest BCUT2D eigenvalue weighted by Gasteiger charge is -2.31. The van der Waals surface area contributed by atoms with Crippen LogP contribution in [0.15, 0.2) is 41.3 Å². The number of rotatable bonds is 7. The number of nitrogens with zero attached hydrogens (tertiary/aromatic N) is 3. The largest absolute Gasteiger partial charge is 0.508 e. The number of hydrogen-bond donors (Lipinski definition) is 1. The highest BCUT2D eigenvalue weighted by atomic mass is 32.2. The third kappa shape index (κ3) is 5.82. The zero-order valence-corrected chi connectivity index (χ0v) is 17.9. The van der Waals surface area contributed by atoms with Crippen molar-refractivity contribution in [3.8, 4) is 11.6 Å². The maximum atomic E-state index is 11.5. The summed E-state index contributed by atoms with van der Waals surface area (Å²) in [6, 6.07) is 7.56. The van der Waals surface area contributed by atoms with Gasteiger partial charge < -0.3 is 19.1 Å². The number of ether oxygens (including phenoxy) is 3. The van der Waals surface area contributed by atoms with Crippen molar-refractivity contribution in [2.75, 3.05) is 24.6 Å². The number of nitro groups is 1. The highest BCUT2D eigenvalue weighted by Crippen LogP contribution is 2.32. The average Bonchev–Trinajstić information content (AvgIpc) is 2.74. The zero-order chi connectivity index (χ0) is 23.3. The first-order chi connectivity index (χ1) is 15.2. The van der Waals surface area contributed by atoms with E-state index in [0.29, 0.717) is 25.9 Å². The van der Waals surface area contributed by atoms with Crippen LogP contribution >= 0.6 is 0 Å². The van der Waals surface area contributed by atoms with Crippen LogP contribution in [0.2, 0.25) is 0 Å². The maximum Gasteiger partial charge on any atom is 0.508 e. The number of carbonyl (C=O) groups is 1. The third-order valence-corrected chi connectivity index (χ3v) is 5.50. The van der Waals surface area contributed by atoms with Crippen molar-refractivity contribution in [2.45, 2.75) is 30.8 Å². The van der Waals surface area contributed by atoms with Crippen LogP contribution in [-0.2, 0) is 19.6 Å². The molecular formula is C19H21N3O9S. The van der Waals surface area contributed by atoms with Crippen LogP contribution in [0, 0.1) is 10.1 Å². The molecule has 1 saturated heterocycles. The number of anilines is 1. The quantitative estimate of drug-likeness (QED) is 0.276. The maximum absolute atomic E-state index is 11.5. The molecule has 1 aromatic carbocycles. The number of hydrogen-bond acceptors (Lipinski definition) is 10. The van der Waals surface area contributed by atoms with Gasteiger partial charge in [-0.15, -0.1) is 0 Å². The van der Waals surface area contributed by atoms with Gasteiger partial charge in [0.25, 0.3) is 10.1 Å². The van der Waals surface area contributed by atoms with Gasteiger partial charge in [0.1, 0.15) is 11.9 Å². The number of benzene rings is 1. The second kappa shape index (κ2) is 9.78. The molecule has 0 saturated carbocycles. The predicted octanol–water partition coefficient (Wildman–Crippen LogP) is 3.17. The summed E-state index contributed by atoms with van der Waals surface area (Å²) in [5, 5.41) is 11.5. The molecule has 1 fully saturated rings. The van der Waals surface area contributed by atoms with E-state index in [1.54, 1.807) is 11.8 Å². The minimum absolute atomic E-state index is 0.0649. The van der Waals surface area contributed by atoms with Crippen LogP contribution in [0.3, 0.4) is 0 Å². The molecule has 0 unspecified atom stereocenters. The van der Waals surface area contributed by atoms with E-state index in [-0.39, 0.29) is 40.7 Å². The summed E-state index contributed by atoms with van der Waals surface area (Å²) in [6.07, 6.45) is -0.213. The molecule has 2 aromatic rings. The predicted molar refractivity (Wildman–Crippen MR) is 111 cm³/mol. The van der Waals surface area contributed by atoms with Crippen molar-refractivity contribution in [3.05, 3.63) is 46.5 Å². The zero-order valence-electron chi connectivity index (χ0n) is 17.0. The van der Waals surface area contributed by atoms with Gasteiger partial charge in [-0.3, -0.25) is 14.7 Å². The molecule has 1 aliphatic heterocycles. The first kappa shape index (κ1) is 23.2. The smallest absolute Gasteiger partial charge is 0.439 e. The third-order valence-electron chi connectivity index (χ3n) is 4.64. The molecule has 0 radical (unpaired) electrons. The molecule has 0 spiro atoms. The number of piperidine rings is 1. The molecular weight excluding hydrogens is 446 g/mol. The van der Waals surface area contributed by atoms with Crippen LogP contribution < -0.4 is 9.64 Å². The molecule has 12 nitrogen and oxygen atoms in total. The molecule has 0 atom stereocenters. The Kier molecular flexibility index (Phi) is 7.10. The van der Waals surface area contributed by atoms with E-state index in [1.807, 2.05) is 0 Å². The van der Waals surface area contributed by atoms with Crippen LogP contribution in [0.4, 0.5) is 16.3 Å². The summed E-state index contributed by atoms with van der Waals surface area (Å²) in [6.45, 7) is 2.61. The molecule has 1 aliphatic rings. The molecule has 32 heavy (non-hydrogen) atoms. The van der Waals surface area contributed by atoms with Crippen molar-refractivity contribution in [1.82, 2.24) is 4.98 Å². The van der Waals surface area contributed by atoms with Crippen LogP contribution in [-0.4, -0.2) is 54.8 Å². The highest BCUT2D eigenvalue weighted by Gasteiger charge is 2.28. The highest BCUT2D eigenvalue weighted by molar-refractivity contribution is 7.85. The van der Waals surface area contributed by atoms with Crippen LogP contribution in [0.5, 0.6) is 11.6 Å². The lowest BCUT2D eigenvalue weighted by atomic mass is 10.1.